The minimum atomic E-state index is -0.197. The van der Waals surface area contributed by atoms with Crippen molar-refractivity contribution in [1.82, 2.24) is 10.3 Å². The van der Waals surface area contributed by atoms with Gasteiger partial charge in [0, 0.05) is 36.3 Å². The third-order valence-corrected chi connectivity index (χ3v) is 4.51. The van der Waals surface area contributed by atoms with Gasteiger partial charge < -0.3 is 14.8 Å². The van der Waals surface area contributed by atoms with Crippen molar-refractivity contribution in [2.75, 3.05) is 19.8 Å². The van der Waals surface area contributed by atoms with Crippen molar-refractivity contribution in [3.63, 3.8) is 0 Å². The van der Waals surface area contributed by atoms with Crippen molar-refractivity contribution in [3.8, 4) is 0 Å². The molecule has 1 aromatic heterocycles. The Balaban J connectivity index is 1.65. The van der Waals surface area contributed by atoms with Crippen molar-refractivity contribution in [1.29, 1.82) is 0 Å². The standard InChI is InChI=1S/C14H17BrN2O3/c15-11-2-1-5-16-12(11)13(18)17-10-3-6-20-14(8-10)4-7-19-9-14/h1-2,5,10H,3-4,6-9H2,(H,17,18)/t10-,14+/m0/s1. The third kappa shape index (κ3) is 2.87. The van der Waals surface area contributed by atoms with Crippen molar-refractivity contribution < 1.29 is 14.3 Å². The second kappa shape index (κ2) is 5.79. The maximum atomic E-state index is 12.3. The number of hydrogen-bond acceptors (Lipinski definition) is 4. The Hall–Kier alpha value is -0.980. The quantitative estimate of drug-likeness (QED) is 0.893. The van der Waals surface area contributed by atoms with E-state index in [4.69, 9.17) is 9.47 Å². The zero-order chi connectivity index (χ0) is 14.0. The first-order valence-electron chi connectivity index (χ1n) is 6.82. The number of aromatic nitrogens is 1. The van der Waals surface area contributed by atoms with Crippen LogP contribution in [0.1, 0.15) is 29.8 Å². The molecule has 0 radical (unpaired) electrons. The monoisotopic (exact) mass is 340 g/mol. The summed E-state index contributed by atoms with van der Waals surface area (Å²) >= 11 is 3.35. The van der Waals surface area contributed by atoms with E-state index in [-0.39, 0.29) is 17.6 Å². The normalized spacial score (nSPS) is 29.6. The Morgan fingerprint density at radius 2 is 2.40 bits per heavy atom. The van der Waals surface area contributed by atoms with Gasteiger partial charge in [-0.05, 0) is 40.9 Å². The van der Waals surface area contributed by atoms with Crippen molar-refractivity contribution in [2.45, 2.75) is 30.9 Å². The topological polar surface area (TPSA) is 60.5 Å². The van der Waals surface area contributed by atoms with Crippen LogP contribution in [0.2, 0.25) is 0 Å². The first-order chi connectivity index (χ1) is 9.69. The molecular formula is C14H17BrN2O3. The van der Waals surface area contributed by atoms with E-state index < -0.39 is 0 Å². The molecular weight excluding hydrogens is 324 g/mol. The number of amides is 1. The Morgan fingerprint density at radius 1 is 1.50 bits per heavy atom. The van der Waals surface area contributed by atoms with E-state index in [0.717, 1.165) is 25.9 Å². The van der Waals surface area contributed by atoms with Gasteiger partial charge in [-0.25, -0.2) is 4.98 Å². The van der Waals surface area contributed by atoms with Gasteiger partial charge in [-0.3, -0.25) is 4.79 Å². The fraction of sp³-hybridized carbons (Fsp3) is 0.571. The van der Waals surface area contributed by atoms with Gasteiger partial charge in [0.1, 0.15) is 5.69 Å². The summed E-state index contributed by atoms with van der Waals surface area (Å²) in [5.41, 5.74) is 0.230. The molecule has 20 heavy (non-hydrogen) atoms. The van der Waals surface area contributed by atoms with Crippen LogP contribution in [0.15, 0.2) is 22.8 Å². The molecule has 5 nitrogen and oxygen atoms in total. The number of nitrogens with zero attached hydrogens (tertiary/aromatic N) is 1. The van der Waals surface area contributed by atoms with Crippen LogP contribution in [0.25, 0.3) is 0 Å². The average molecular weight is 341 g/mol. The van der Waals surface area contributed by atoms with Gasteiger partial charge in [-0.2, -0.15) is 0 Å². The van der Waals surface area contributed by atoms with E-state index in [0.29, 0.717) is 23.4 Å². The van der Waals surface area contributed by atoms with E-state index in [1.165, 1.54) is 0 Å². The van der Waals surface area contributed by atoms with Crippen LogP contribution in [0.5, 0.6) is 0 Å². The lowest BCUT2D eigenvalue weighted by Crippen LogP contribution is -2.49. The van der Waals surface area contributed by atoms with Crippen LogP contribution in [0.3, 0.4) is 0 Å². The Kier molecular flexibility index (Phi) is 4.05. The fourth-order valence-corrected chi connectivity index (χ4v) is 3.26. The van der Waals surface area contributed by atoms with Crippen LogP contribution in [-0.2, 0) is 9.47 Å². The summed E-state index contributed by atoms with van der Waals surface area (Å²) in [5, 5.41) is 3.06. The van der Waals surface area contributed by atoms with Crippen molar-refractivity contribution in [2.24, 2.45) is 0 Å². The van der Waals surface area contributed by atoms with Gasteiger partial charge >= 0.3 is 0 Å². The van der Waals surface area contributed by atoms with Crippen molar-refractivity contribution >= 4 is 21.8 Å². The first kappa shape index (κ1) is 14.0. The lowest BCUT2D eigenvalue weighted by Gasteiger charge is -2.37. The minimum absolute atomic E-state index is 0.117. The summed E-state index contributed by atoms with van der Waals surface area (Å²) in [6.45, 7) is 2.04. The summed E-state index contributed by atoms with van der Waals surface area (Å²) in [6.07, 6.45) is 4.17. The van der Waals surface area contributed by atoms with E-state index in [1.807, 2.05) is 6.07 Å². The Bertz CT molecular complexity index is 503. The maximum absolute atomic E-state index is 12.3. The summed E-state index contributed by atoms with van der Waals surface area (Å²) in [5.74, 6) is -0.140. The highest BCUT2D eigenvalue weighted by atomic mass is 79.9. The molecule has 0 unspecified atom stereocenters. The van der Waals surface area contributed by atoms with Gasteiger partial charge in [0.15, 0.2) is 0 Å². The molecule has 6 heteroatoms. The highest BCUT2D eigenvalue weighted by Crippen LogP contribution is 2.32. The number of hydrogen-bond donors (Lipinski definition) is 1. The largest absolute Gasteiger partial charge is 0.378 e. The maximum Gasteiger partial charge on any atom is 0.271 e. The smallest absolute Gasteiger partial charge is 0.271 e. The van der Waals surface area contributed by atoms with E-state index in [1.54, 1.807) is 12.3 Å². The molecule has 2 saturated heterocycles. The summed E-state index contributed by atoms with van der Waals surface area (Å²) < 4.78 is 12.0. The molecule has 108 valence electrons. The van der Waals surface area contributed by atoms with Gasteiger partial charge in [-0.15, -0.1) is 0 Å². The molecule has 1 N–H and O–H groups in total. The first-order valence-corrected chi connectivity index (χ1v) is 7.61. The number of carbonyl (C=O) groups excluding carboxylic acids is 1. The van der Waals surface area contributed by atoms with Crippen molar-refractivity contribution in [3.05, 3.63) is 28.5 Å². The molecule has 2 atom stereocenters. The van der Waals surface area contributed by atoms with Crippen LogP contribution >= 0.6 is 15.9 Å². The fourth-order valence-electron chi connectivity index (χ4n) is 2.82. The molecule has 2 aliphatic rings. The molecule has 0 aromatic carbocycles. The predicted octanol–water partition coefficient (Wildman–Crippen LogP) is 1.91. The number of halogens is 1. The number of nitrogens with one attached hydrogen (secondary N) is 1. The molecule has 0 bridgehead atoms. The SMILES string of the molecule is O=C(N[C@H]1CCO[C@]2(CCOC2)C1)c1ncccc1Br. The van der Waals surface area contributed by atoms with Gasteiger partial charge in [0.25, 0.3) is 5.91 Å². The summed E-state index contributed by atoms with van der Waals surface area (Å²) in [7, 11) is 0. The average Bonchev–Trinajstić information content (AvgIpc) is 2.87. The summed E-state index contributed by atoms with van der Waals surface area (Å²) in [6, 6.07) is 3.73. The molecule has 2 aliphatic heterocycles. The third-order valence-electron chi connectivity index (χ3n) is 3.87. The van der Waals surface area contributed by atoms with E-state index >= 15 is 0 Å². The lowest BCUT2D eigenvalue weighted by atomic mass is 9.89. The molecule has 3 heterocycles. The van der Waals surface area contributed by atoms with Gasteiger partial charge in [0.2, 0.25) is 0 Å². The second-order valence-corrected chi connectivity index (χ2v) is 6.19. The minimum Gasteiger partial charge on any atom is -0.378 e. The number of pyridine rings is 1. The predicted molar refractivity (Wildman–Crippen MR) is 76.5 cm³/mol. The molecule has 1 amide bonds. The molecule has 0 aliphatic carbocycles. The zero-order valence-electron chi connectivity index (χ0n) is 11.1. The number of ether oxygens (including phenoxy) is 2. The highest BCUT2D eigenvalue weighted by molar-refractivity contribution is 9.10. The Morgan fingerprint density at radius 3 is 3.15 bits per heavy atom. The molecule has 2 fully saturated rings. The molecule has 1 spiro atoms. The van der Waals surface area contributed by atoms with Crippen LogP contribution in [-0.4, -0.2) is 42.4 Å². The van der Waals surface area contributed by atoms with Gasteiger partial charge in [0.05, 0.1) is 12.2 Å². The second-order valence-electron chi connectivity index (χ2n) is 5.33. The zero-order valence-corrected chi connectivity index (χ0v) is 12.7. The highest BCUT2D eigenvalue weighted by Gasteiger charge is 2.41. The van der Waals surface area contributed by atoms with Crippen LogP contribution in [0.4, 0.5) is 0 Å². The number of carbonyl (C=O) groups is 1. The van der Waals surface area contributed by atoms with E-state index in [2.05, 4.69) is 26.2 Å². The van der Waals surface area contributed by atoms with E-state index in [9.17, 15) is 4.79 Å². The lowest BCUT2D eigenvalue weighted by molar-refractivity contribution is -0.0881. The Labute approximate surface area is 126 Å². The van der Waals surface area contributed by atoms with Gasteiger partial charge in [-0.1, -0.05) is 0 Å². The molecule has 0 saturated carbocycles. The van der Waals surface area contributed by atoms with Crippen LogP contribution in [0, 0.1) is 0 Å². The number of rotatable bonds is 2. The summed E-state index contributed by atoms with van der Waals surface area (Å²) in [4.78, 5) is 16.4. The molecule has 3 rings (SSSR count). The molecule has 1 aromatic rings. The van der Waals surface area contributed by atoms with Crippen LogP contribution < -0.4 is 5.32 Å².